The fraction of sp³-hybridized carbons (Fsp3) is 0.800. The standard InChI is InChI=1S/C5H9ClO3/c1-5(2-7,3-8)4(6)9/h7-8H,2-3H2,1H3. The van der Waals surface area contributed by atoms with Crippen molar-refractivity contribution in [3.05, 3.63) is 0 Å². The molecule has 0 radical (unpaired) electrons. The molecule has 0 aromatic rings. The lowest BCUT2D eigenvalue weighted by atomic mass is 9.95. The van der Waals surface area contributed by atoms with Gasteiger partial charge in [-0.2, -0.15) is 0 Å². The van der Waals surface area contributed by atoms with E-state index in [4.69, 9.17) is 21.8 Å². The maximum atomic E-state index is 10.4. The first-order valence-corrected chi connectivity index (χ1v) is 2.86. The Morgan fingerprint density at radius 2 is 1.89 bits per heavy atom. The Bertz CT molecular complexity index is 109. The highest BCUT2D eigenvalue weighted by molar-refractivity contribution is 6.64. The summed E-state index contributed by atoms with van der Waals surface area (Å²) in [5.74, 6) is 0. The van der Waals surface area contributed by atoms with Crippen molar-refractivity contribution in [3.8, 4) is 0 Å². The summed E-state index contributed by atoms with van der Waals surface area (Å²) in [5.41, 5.74) is -1.18. The van der Waals surface area contributed by atoms with Crippen LogP contribution in [0.15, 0.2) is 0 Å². The first-order valence-electron chi connectivity index (χ1n) is 2.48. The zero-order chi connectivity index (χ0) is 7.49. The van der Waals surface area contributed by atoms with Gasteiger partial charge in [-0.05, 0) is 18.5 Å². The lowest BCUT2D eigenvalue weighted by Gasteiger charge is -2.17. The molecule has 0 aliphatic carbocycles. The molecule has 0 saturated carbocycles. The number of halogens is 1. The van der Waals surface area contributed by atoms with Crippen molar-refractivity contribution in [2.45, 2.75) is 6.92 Å². The van der Waals surface area contributed by atoms with Crippen LogP contribution in [0.25, 0.3) is 0 Å². The summed E-state index contributed by atoms with van der Waals surface area (Å²) in [6, 6.07) is 0. The molecule has 0 atom stereocenters. The van der Waals surface area contributed by atoms with E-state index in [1.807, 2.05) is 0 Å². The third kappa shape index (κ3) is 1.93. The number of rotatable bonds is 3. The van der Waals surface area contributed by atoms with Crippen LogP contribution >= 0.6 is 11.6 Å². The van der Waals surface area contributed by atoms with E-state index in [0.29, 0.717) is 0 Å². The van der Waals surface area contributed by atoms with E-state index in [1.165, 1.54) is 6.92 Å². The molecule has 3 nitrogen and oxygen atoms in total. The summed E-state index contributed by atoms with van der Waals surface area (Å²) < 4.78 is 0. The van der Waals surface area contributed by atoms with Crippen LogP contribution in [0.3, 0.4) is 0 Å². The Hall–Kier alpha value is -0.120. The predicted molar refractivity (Wildman–Crippen MR) is 33.1 cm³/mol. The van der Waals surface area contributed by atoms with Gasteiger partial charge in [-0.1, -0.05) is 0 Å². The minimum absolute atomic E-state index is 0.425. The second-order valence-corrected chi connectivity index (χ2v) is 2.49. The molecule has 0 aromatic carbocycles. The average Bonchev–Trinajstić information content (AvgIpc) is 1.86. The van der Waals surface area contributed by atoms with Gasteiger partial charge in [0.1, 0.15) is 0 Å². The predicted octanol–water partition coefficient (Wildman–Crippen LogP) is -0.257. The van der Waals surface area contributed by atoms with Crippen LogP contribution in [-0.4, -0.2) is 28.7 Å². The molecule has 0 aliphatic heterocycles. The van der Waals surface area contributed by atoms with Crippen molar-refractivity contribution in [2.75, 3.05) is 13.2 Å². The SMILES string of the molecule is CC(CO)(CO)C(=O)Cl. The van der Waals surface area contributed by atoms with Crippen LogP contribution in [-0.2, 0) is 4.79 Å². The monoisotopic (exact) mass is 152 g/mol. The Morgan fingerprint density at radius 3 is 1.89 bits per heavy atom. The van der Waals surface area contributed by atoms with Gasteiger partial charge in [-0.15, -0.1) is 0 Å². The summed E-state index contributed by atoms with van der Waals surface area (Å²) in [6.45, 7) is 0.542. The second kappa shape index (κ2) is 3.15. The van der Waals surface area contributed by atoms with Gasteiger partial charge in [0.05, 0.1) is 18.6 Å². The van der Waals surface area contributed by atoms with Crippen LogP contribution in [0.2, 0.25) is 0 Å². The van der Waals surface area contributed by atoms with Gasteiger partial charge in [-0.25, -0.2) is 0 Å². The van der Waals surface area contributed by atoms with Gasteiger partial charge in [0.15, 0.2) is 0 Å². The smallest absolute Gasteiger partial charge is 0.232 e. The number of aliphatic hydroxyl groups is 2. The highest BCUT2D eigenvalue weighted by Gasteiger charge is 2.29. The van der Waals surface area contributed by atoms with E-state index in [9.17, 15) is 4.79 Å². The van der Waals surface area contributed by atoms with E-state index in [-0.39, 0.29) is 0 Å². The Morgan fingerprint density at radius 1 is 1.56 bits per heavy atom. The minimum Gasteiger partial charge on any atom is -0.395 e. The van der Waals surface area contributed by atoms with Gasteiger partial charge >= 0.3 is 0 Å². The number of aliphatic hydroxyl groups excluding tert-OH is 2. The quantitative estimate of drug-likeness (QED) is 0.548. The summed E-state index contributed by atoms with van der Waals surface area (Å²) >= 11 is 5.03. The van der Waals surface area contributed by atoms with Crippen molar-refractivity contribution in [1.29, 1.82) is 0 Å². The number of carbonyl (C=O) groups excluding carboxylic acids is 1. The van der Waals surface area contributed by atoms with Gasteiger partial charge in [0.25, 0.3) is 0 Å². The van der Waals surface area contributed by atoms with E-state index in [2.05, 4.69) is 0 Å². The highest BCUT2D eigenvalue weighted by Crippen LogP contribution is 2.17. The topological polar surface area (TPSA) is 57.5 Å². The lowest BCUT2D eigenvalue weighted by Crippen LogP contribution is -2.32. The zero-order valence-corrected chi connectivity index (χ0v) is 5.85. The molecule has 54 valence electrons. The molecule has 0 fully saturated rings. The molecule has 0 saturated heterocycles. The maximum Gasteiger partial charge on any atom is 0.232 e. The fourth-order valence-electron chi connectivity index (χ4n) is 0.174. The van der Waals surface area contributed by atoms with Gasteiger partial charge in [-0.3, -0.25) is 4.79 Å². The van der Waals surface area contributed by atoms with E-state index in [1.54, 1.807) is 0 Å². The molecule has 0 unspecified atom stereocenters. The van der Waals surface area contributed by atoms with Crippen LogP contribution in [0.4, 0.5) is 0 Å². The van der Waals surface area contributed by atoms with Gasteiger partial charge in [0.2, 0.25) is 5.24 Å². The molecule has 0 bridgehead atoms. The largest absolute Gasteiger partial charge is 0.395 e. The van der Waals surface area contributed by atoms with E-state index < -0.39 is 23.9 Å². The minimum atomic E-state index is -1.18. The lowest BCUT2D eigenvalue weighted by molar-refractivity contribution is -0.124. The second-order valence-electron chi connectivity index (χ2n) is 2.15. The van der Waals surface area contributed by atoms with Crippen molar-refractivity contribution in [1.82, 2.24) is 0 Å². The van der Waals surface area contributed by atoms with Crippen LogP contribution in [0.5, 0.6) is 0 Å². The van der Waals surface area contributed by atoms with Crippen LogP contribution in [0.1, 0.15) is 6.92 Å². The van der Waals surface area contributed by atoms with E-state index >= 15 is 0 Å². The molecule has 0 aromatic heterocycles. The Kier molecular flexibility index (Phi) is 3.11. The number of hydrogen-bond acceptors (Lipinski definition) is 3. The van der Waals surface area contributed by atoms with E-state index in [0.717, 1.165) is 0 Å². The normalized spacial score (nSPS) is 11.6. The van der Waals surface area contributed by atoms with Gasteiger partial charge < -0.3 is 10.2 Å². The molecule has 9 heavy (non-hydrogen) atoms. The Labute approximate surface area is 58.3 Å². The first-order chi connectivity index (χ1) is 4.06. The molecule has 2 N–H and O–H groups in total. The average molecular weight is 153 g/mol. The molecule has 0 rings (SSSR count). The highest BCUT2D eigenvalue weighted by atomic mass is 35.5. The molecule has 0 heterocycles. The third-order valence-corrected chi connectivity index (χ3v) is 1.63. The maximum absolute atomic E-state index is 10.4. The summed E-state index contributed by atoms with van der Waals surface area (Å²) in [7, 11) is 0. The van der Waals surface area contributed by atoms with Crippen LogP contribution < -0.4 is 0 Å². The van der Waals surface area contributed by atoms with Crippen molar-refractivity contribution < 1.29 is 15.0 Å². The Balaban J connectivity index is 4.09. The fourth-order valence-corrected chi connectivity index (χ4v) is 0.294. The summed E-state index contributed by atoms with van der Waals surface area (Å²) in [6.07, 6.45) is 0. The molecule has 4 heteroatoms. The van der Waals surface area contributed by atoms with Crippen LogP contribution in [0, 0.1) is 5.41 Å². The zero-order valence-electron chi connectivity index (χ0n) is 5.09. The molecule has 0 amide bonds. The third-order valence-electron chi connectivity index (χ3n) is 1.17. The summed E-state index contributed by atoms with van der Waals surface area (Å²) in [4.78, 5) is 10.4. The molecular weight excluding hydrogens is 144 g/mol. The first kappa shape index (κ1) is 8.88. The van der Waals surface area contributed by atoms with Crippen molar-refractivity contribution >= 4 is 16.8 Å². The number of hydrogen-bond donors (Lipinski definition) is 2. The summed E-state index contributed by atoms with van der Waals surface area (Å²) in [5, 5.41) is 16.3. The van der Waals surface area contributed by atoms with Crippen molar-refractivity contribution in [2.24, 2.45) is 5.41 Å². The molecule has 0 spiro atoms. The van der Waals surface area contributed by atoms with Crippen molar-refractivity contribution in [3.63, 3.8) is 0 Å². The number of carbonyl (C=O) groups is 1. The molecular formula is C5H9ClO3. The molecule has 0 aliphatic rings. The van der Waals surface area contributed by atoms with Gasteiger partial charge in [0, 0.05) is 0 Å².